The molecule has 0 aliphatic carbocycles. The van der Waals surface area contributed by atoms with E-state index in [0.29, 0.717) is 5.75 Å². The van der Waals surface area contributed by atoms with Crippen LogP contribution in [0.15, 0.2) is 18.2 Å². The van der Waals surface area contributed by atoms with E-state index in [2.05, 4.69) is 20.4 Å². The normalized spacial score (nSPS) is 30.6. The van der Waals surface area contributed by atoms with Gasteiger partial charge in [0.05, 0.1) is 7.11 Å². The van der Waals surface area contributed by atoms with Crippen molar-refractivity contribution < 1.29 is 19.4 Å². The van der Waals surface area contributed by atoms with Gasteiger partial charge in [0, 0.05) is 0 Å². The predicted octanol–water partition coefficient (Wildman–Crippen LogP) is 8.50. The summed E-state index contributed by atoms with van der Waals surface area (Å²) in [5.41, 5.74) is 1.17. The number of phenols is 1. The number of aryl methyl sites for hydroxylation is 1. The van der Waals surface area contributed by atoms with Crippen LogP contribution in [0.2, 0.25) is 17.6 Å². The smallest absolute Gasteiger partial charge is 0.199 e. The number of hydrogen-bond acceptors (Lipinski definition) is 4. The van der Waals surface area contributed by atoms with Crippen molar-refractivity contribution in [3.05, 3.63) is 23.8 Å². The summed E-state index contributed by atoms with van der Waals surface area (Å²) < 4.78 is 12.2. The van der Waals surface area contributed by atoms with Crippen LogP contribution in [0.25, 0.3) is 0 Å². The zero-order valence-electron chi connectivity index (χ0n) is 22.8. The SMILES string of the molecule is CCC1(C)CCCCCCCCCCCCC(C)(O)O[Si]1(C)CCCc1ccc(O)c(OC)c1. The van der Waals surface area contributed by atoms with E-state index in [1.165, 1.54) is 69.8 Å². The second-order valence-corrected chi connectivity index (χ2v) is 15.7. The van der Waals surface area contributed by atoms with Gasteiger partial charge in [-0.1, -0.05) is 84.1 Å². The Morgan fingerprint density at radius 1 is 0.941 bits per heavy atom. The molecule has 1 aliphatic rings. The number of aromatic hydroxyl groups is 1. The first-order valence-corrected chi connectivity index (χ1v) is 16.5. The van der Waals surface area contributed by atoms with Crippen molar-refractivity contribution in [2.24, 2.45) is 0 Å². The van der Waals surface area contributed by atoms with Crippen molar-refractivity contribution in [2.45, 2.75) is 141 Å². The lowest BCUT2D eigenvalue weighted by Gasteiger charge is -2.48. The van der Waals surface area contributed by atoms with Crippen LogP contribution in [0, 0.1) is 0 Å². The van der Waals surface area contributed by atoms with Gasteiger partial charge in [-0.05, 0) is 74.4 Å². The molecule has 196 valence electrons. The molecular formula is C29H52O4Si. The molecule has 0 aromatic heterocycles. The third-order valence-electron chi connectivity index (χ3n) is 8.48. The Labute approximate surface area is 210 Å². The van der Waals surface area contributed by atoms with Crippen LogP contribution in [-0.4, -0.2) is 31.4 Å². The summed E-state index contributed by atoms with van der Waals surface area (Å²) in [6.45, 7) is 9.03. The minimum absolute atomic E-state index is 0.140. The molecule has 1 aliphatic heterocycles. The molecule has 1 fully saturated rings. The zero-order valence-corrected chi connectivity index (χ0v) is 23.8. The largest absolute Gasteiger partial charge is 0.504 e. The minimum Gasteiger partial charge on any atom is -0.504 e. The summed E-state index contributed by atoms with van der Waals surface area (Å²) in [7, 11) is -0.679. The van der Waals surface area contributed by atoms with E-state index in [0.717, 1.165) is 38.1 Å². The average Bonchev–Trinajstić information content (AvgIpc) is 2.79. The van der Waals surface area contributed by atoms with Gasteiger partial charge in [-0.25, -0.2) is 0 Å². The third-order valence-corrected chi connectivity index (χ3v) is 13.8. The standard InChI is InChI=1S/C29H52O4Si/c1-6-28(2)21-15-13-11-9-7-8-10-12-14-16-22-29(3,31)33-34(28,5)23-17-18-25-19-20-26(30)27(24-25)32-4/h19-20,24,30-31H,6-18,21-23H2,1-5H3. The Hall–Kier alpha value is -1.04. The number of rotatable bonds is 6. The van der Waals surface area contributed by atoms with Crippen molar-refractivity contribution >= 4 is 8.32 Å². The molecule has 0 spiro atoms. The van der Waals surface area contributed by atoms with Gasteiger partial charge in [-0.15, -0.1) is 0 Å². The van der Waals surface area contributed by atoms with Gasteiger partial charge in [0.2, 0.25) is 0 Å². The Kier molecular flexibility index (Phi) is 11.9. The van der Waals surface area contributed by atoms with Crippen LogP contribution in [0.5, 0.6) is 11.5 Å². The van der Waals surface area contributed by atoms with Crippen LogP contribution in [0.3, 0.4) is 0 Å². The molecule has 5 heteroatoms. The van der Waals surface area contributed by atoms with Crippen LogP contribution in [0.4, 0.5) is 0 Å². The second-order valence-electron chi connectivity index (χ2n) is 11.3. The fraction of sp³-hybridized carbons (Fsp3) is 0.793. The maximum Gasteiger partial charge on any atom is 0.199 e. The maximum atomic E-state index is 11.3. The highest BCUT2D eigenvalue weighted by Gasteiger charge is 2.49. The average molecular weight is 493 g/mol. The summed E-state index contributed by atoms with van der Waals surface area (Å²) in [4.78, 5) is 0. The summed E-state index contributed by atoms with van der Waals surface area (Å²) in [5.74, 6) is -0.331. The summed E-state index contributed by atoms with van der Waals surface area (Å²) in [6.07, 6.45) is 17.8. The first-order chi connectivity index (χ1) is 16.1. The van der Waals surface area contributed by atoms with Gasteiger partial charge in [0.25, 0.3) is 0 Å². The molecule has 0 radical (unpaired) electrons. The Morgan fingerprint density at radius 2 is 1.50 bits per heavy atom. The van der Waals surface area contributed by atoms with Gasteiger partial charge in [0.1, 0.15) is 0 Å². The third kappa shape index (κ3) is 8.87. The van der Waals surface area contributed by atoms with E-state index in [1.54, 1.807) is 13.2 Å². The first kappa shape index (κ1) is 29.2. The first-order valence-electron chi connectivity index (χ1n) is 13.9. The molecule has 0 saturated carbocycles. The molecule has 0 bridgehead atoms. The molecule has 3 atom stereocenters. The van der Waals surface area contributed by atoms with Crippen molar-refractivity contribution in [3.8, 4) is 11.5 Å². The summed E-state index contributed by atoms with van der Waals surface area (Å²) >= 11 is 0. The van der Waals surface area contributed by atoms with Gasteiger partial charge in [-0.3, -0.25) is 0 Å². The minimum atomic E-state index is -2.27. The van der Waals surface area contributed by atoms with E-state index in [4.69, 9.17) is 9.16 Å². The quantitative estimate of drug-likeness (QED) is 0.391. The zero-order chi connectivity index (χ0) is 25.1. The van der Waals surface area contributed by atoms with Gasteiger partial charge in [-0.2, -0.15) is 0 Å². The fourth-order valence-corrected chi connectivity index (χ4v) is 10.0. The molecule has 0 amide bonds. The highest BCUT2D eigenvalue weighted by atomic mass is 28.4. The molecule has 2 N–H and O–H groups in total. The molecular weight excluding hydrogens is 440 g/mol. The molecule has 1 saturated heterocycles. The summed E-state index contributed by atoms with van der Waals surface area (Å²) in [6, 6.07) is 6.67. The van der Waals surface area contributed by atoms with Crippen LogP contribution in [-0.2, 0) is 10.8 Å². The lowest BCUT2D eigenvalue weighted by Crippen LogP contribution is -2.52. The van der Waals surface area contributed by atoms with Crippen LogP contribution >= 0.6 is 0 Å². The fourth-order valence-electron chi connectivity index (χ4n) is 5.72. The molecule has 1 aromatic carbocycles. The Bertz CT molecular complexity index is 722. The number of ether oxygens (including phenoxy) is 1. The molecule has 4 nitrogen and oxygen atoms in total. The summed E-state index contributed by atoms with van der Waals surface area (Å²) in [5, 5.41) is 21.4. The monoisotopic (exact) mass is 492 g/mol. The predicted molar refractivity (Wildman–Crippen MR) is 145 cm³/mol. The second kappa shape index (κ2) is 13.9. The van der Waals surface area contributed by atoms with E-state index in [1.807, 2.05) is 19.1 Å². The number of aliphatic hydroxyl groups is 1. The van der Waals surface area contributed by atoms with Crippen molar-refractivity contribution in [1.29, 1.82) is 0 Å². The van der Waals surface area contributed by atoms with Crippen molar-refractivity contribution in [2.75, 3.05) is 7.11 Å². The van der Waals surface area contributed by atoms with Crippen LogP contribution < -0.4 is 4.74 Å². The molecule has 34 heavy (non-hydrogen) atoms. The molecule has 1 aromatic rings. The van der Waals surface area contributed by atoms with Gasteiger partial charge >= 0.3 is 0 Å². The molecule has 1 heterocycles. The van der Waals surface area contributed by atoms with Gasteiger partial charge in [0.15, 0.2) is 25.6 Å². The lowest BCUT2D eigenvalue weighted by atomic mass is 9.98. The number of methoxy groups -OCH3 is 1. The molecule has 3 unspecified atom stereocenters. The van der Waals surface area contributed by atoms with E-state index < -0.39 is 14.1 Å². The topological polar surface area (TPSA) is 58.9 Å². The number of phenolic OH excluding ortho intramolecular Hbond substituents is 1. The highest BCUT2D eigenvalue weighted by Crippen LogP contribution is 2.50. The number of hydrogen-bond donors (Lipinski definition) is 2. The highest BCUT2D eigenvalue weighted by molar-refractivity contribution is 6.75. The number of benzene rings is 1. The van der Waals surface area contributed by atoms with Crippen LogP contribution in [0.1, 0.15) is 116 Å². The van der Waals surface area contributed by atoms with E-state index >= 15 is 0 Å². The lowest BCUT2D eigenvalue weighted by molar-refractivity contribution is -0.139. The Balaban J connectivity index is 2.16. The van der Waals surface area contributed by atoms with E-state index in [9.17, 15) is 10.2 Å². The van der Waals surface area contributed by atoms with Gasteiger partial charge < -0.3 is 19.4 Å². The maximum absolute atomic E-state index is 11.3. The molecule has 2 rings (SSSR count). The van der Waals surface area contributed by atoms with Crippen molar-refractivity contribution in [1.82, 2.24) is 0 Å². The van der Waals surface area contributed by atoms with E-state index in [-0.39, 0.29) is 10.8 Å². The van der Waals surface area contributed by atoms with Crippen molar-refractivity contribution in [3.63, 3.8) is 0 Å². The Morgan fingerprint density at radius 3 is 2.06 bits per heavy atom.